The molecule has 0 bridgehead atoms. The monoisotopic (exact) mass is 345 g/mol. The van der Waals surface area contributed by atoms with E-state index in [4.69, 9.17) is 20.3 Å². The smallest absolute Gasteiger partial charge is 0.344 e. The zero-order valence-corrected chi connectivity index (χ0v) is 13.3. The van der Waals surface area contributed by atoms with Gasteiger partial charge in [-0.25, -0.2) is 4.79 Å². The predicted octanol–water partition coefficient (Wildman–Crippen LogP) is 2.59. The third-order valence-corrected chi connectivity index (χ3v) is 3.30. The molecule has 0 aromatic heterocycles. The normalized spacial score (nSPS) is 12.0. The fourth-order valence-electron chi connectivity index (χ4n) is 1.76. The fraction of sp³-hybridized carbons (Fsp3) is 0.500. The van der Waals surface area contributed by atoms with Crippen molar-refractivity contribution in [2.75, 3.05) is 13.2 Å². The fourth-order valence-corrected chi connectivity index (χ4v) is 2.34. The number of nitrogens with two attached hydrogens (primary N) is 1. The molecule has 0 amide bonds. The number of benzene rings is 1. The molecule has 20 heavy (non-hydrogen) atoms. The number of aliphatic carboxylic acids is 1. The maximum atomic E-state index is 11.1. The van der Waals surface area contributed by atoms with Crippen LogP contribution < -0.4 is 15.2 Å². The lowest BCUT2D eigenvalue weighted by Crippen LogP contribution is -2.26. The van der Waals surface area contributed by atoms with Crippen molar-refractivity contribution in [3.05, 3.63) is 22.2 Å². The largest absolute Gasteiger partial charge is 0.490 e. The molecule has 0 aliphatic heterocycles. The highest BCUT2D eigenvalue weighted by Crippen LogP contribution is 2.38. The van der Waals surface area contributed by atoms with Gasteiger partial charge >= 0.3 is 5.97 Å². The molecule has 0 aliphatic carbocycles. The van der Waals surface area contributed by atoms with Crippen molar-refractivity contribution in [3.8, 4) is 11.5 Å². The van der Waals surface area contributed by atoms with Gasteiger partial charge in [-0.15, -0.1) is 0 Å². The number of carboxylic acids is 1. The summed E-state index contributed by atoms with van der Waals surface area (Å²) in [5.74, 6) is -0.0419. The van der Waals surface area contributed by atoms with Crippen LogP contribution in [-0.4, -0.2) is 30.3 Å². The number of halogens is 1. The van der Waals surface area contributed by atoms with E-state index >= 15 is 0 Å². The number of hydrogen-bond donors (Lipinski definition) is 2. The minimum absolute atomic E-state index is 0.373. The molecule has 0 aliphatic rings. The first-order chi connectivity index (χ1) is 9.53. The van der Waals surface area contributed by atoms with Crippen molar-refractivity contribution in [2.45, 2.75) is 32.8 Å². The van der Waals surface area contributed by atoms with Gasteiger partial charge in [0.05, 0.1) is 11.1 Å². The van der Waals surface area contributed by atoms with E-state index in [2.05, 4.69) is 15.9 Å². The topological polar surface area (TPSA) is 81.8 Å². The van der Waals surface area contributed by atoms with Crippen LogP contribution in [0.3, 0.4) is 0 Å². The van der Waals surface area contributed by atoms with E-state index < -0.39 is 12.1 Å². The lowest BCUT2D eigenvalue weighted by atomic mass is 10.1. The van der Waals surface area contributed by atoms with Gasteiger partial charge in [0.1, 0.15) is 0 Å². The average Bonchev–Trinajstić information content (AvgIpc) is 2.38. The minimum Gasteiger partial charge on any atom is -0.490 e. The van der Waals surface area contributed by atoms with Gasteiger partial charge in [0, 0.05) is 0 Å². The van der Waals surface area contributed by atoms with Crippen LogP contribution in [0.4, 0.5) is 0 Å². The molecule has 112 valence electrons. The summed E-state index contributed by atoms with van der Waals surface area (Å²) in [5.41, 5.74) is 6.56. The summed E-state index contributed by atoms with van der Waals surface area (Å²) in [6, 6.07) is 3.71. The molecule has 1 aromatic carbocycles. The molecule has 0 spiro atoms. The molecule has 0 saturated heterocycles. The Labute approximate surface area is 127 Å². The number of carbonyl (C=O) groups is 1. The van der Waals surface area contributed by atoms with Gasteiger partial charge in [0.2, 0.25) is 0 Å². The van der Waals surface area contributed by atoms with Crippen LogP contribution in [0.15, 0.2) is 16.6 Å². The van der Waals surface area contributed by atoms with E-state index in [-0.39, 0.29) is 0 Å². The molecule has 5 nitrogen and oxygen atoms in total. The van der Waals surface area contributed by atoms with Crippen molar-refractivity contribution >= 4 is 21.9 Å². The van der Waals surface area contributed by atoms with E-state index in [9.17, 15) is 4.79 Å². The van der Waals surface area contributed by atoms with Crippen molar-refractivity contribution in [3.63, 3.8) is 0 Å². The summed E-state index contributed by atoms with van der Waals surface area (Å²) in [5, 5.41) is 9.09. The molecular weight excluding hydrogens is 326 g/mol. The Bertz CT molecular complexity index is 465. The first-order valence-corrected chi connectivity index (χ1v) is 7.37. The van der Waals surface area contributed by atoms with Crippen LogP contribution in [-0.2, 0) is 11.2 Å². The van der Waals surface area contributed by atoms with Crippen LogP contribution in [0.5, 0.6) is 11.5 Å². The number of carboxylic acid groups (broad SMARTS) is 1. The second kappa shape index (κ2) is 8.11. The highest BCUT2D eigenvalue weighted by Gasteiger charge is 2.21. The Hall–Kier alpha value is -1.27. The van der Waals surface area contributed by atoms with Crippen molar-refractivity contribution in [1.82, 2.24) is 0 Å². The van der Waals surface area contributed by atoms with Gasteiger partial charge < -0.3 is 20.3 Å². The number of ether oxygens (including phenoxy) is 2. The van der Waals surface area contributed by atoms with Crippen LogP contribution >= 0.6 is 15.9 Å². The molecule has 1 rings (SSSR count). The van der Waals surface area contributed by atoms with Crippen molar-refractivity contribution in [2.24, 2.45) is 5.73 Å². The van der Waals surface area contributed by atoms with Gasteiger partial charge in [-0.2, -0.15) is 0 Å². The molecular formula is C14H20BrNO4. The standard InChI is InChI=1S/C14H20BrNO4/c1-3-11(14(17)18)20-13-10(15)7-9(5-6-16)8-12(13)19-4-2/h7-8,11H,3-6,16H2,1-2H3,(H,17,18). The quantitative estimate of drug-likeness (QED) is 0.756. The van der Waals surface area contributed by atoms with Crippen LogP contribution in [0, 0.1) is 0 Å². The lowest BCUT2D eigenvalue weighted by molar-refractivity contribution is -0.145. The third-order valence-electron chi connectivity index (χ3n) is 2.71. The Balaban J connectivity index is 3.12. The third kappa shape index (κ3) is 4.38. The highest BCUT2D eigenvalue weighted by molar-refractivity contribution is 9.10. The second-order valence-corrected chi connectivity index (χ2v) is 5.08. The van der Waals surface area contributed by atoms with Gasteiger partial charge in [-0.1, -0.05) is 6.92 Å². The summed E-state index contributed by atoms with van der Waals surface area (Å²) in [6.07, 6.45) is 0.193. The van der Waals surface area contributed by atoms with E-state index in [1.807, 2.05) is 19.1 Å². The molecule has 1 unspecified atom stereocenters. The zero-order chi connectivity index (χ0) is 15.1. The Morgan fingerprint density at radius 3 is 2.65 bits per heavy atom. The molecule has 0 radical (unpaired) electrons. The first kappa shape index (κ1) is 16.8. The van der Waals surface area contributed by atoms with Crippen LogP contribution in [0.25, 0.3) is 0 Å². The summed E-state index contributed by atoms with van der Waals surface area (Å²) >= 11 is 3.41. The molecule has 1 atom stereocenters. The maximum Gasteiger partial charge on any atom is 0.344 e. The van der Waals surface area contributed by atoms with Crippen LogP contribution in [0.2, 0.25) is 0 Å². The SMILES string of the molecule is CCOc1cc(CCN)cc(Br)c1OC(CC)C(=O)O. The average molecular weight is 346 g/mol. The molecule has 6 heteroatoms. The molecule has 0 heterocycles. The first-order valence-electron chi connectivity index (χ1n) is 6.58. The molecule has 0 saturated carbocycles. The summed E-state index contributed by atoms with van der Waals surface area (Å²) in [4.78, 5) is 11.1. The van der Waals surface area contributed by atoms with Crippen molar-refractivity contribution in [1.29, 1.82) is 0 Å². The zero-order valence-electron chi connectivity index (χ0n) is 11.7. The molecule has 1 aromatic rings. The number of hydrogen-bond acceptors (Lipinski definition) is 4. The Kier molecular flexibility index (Phi) is 6.81. The molecule has 0 fully saturated rings. The summed E-state index contributed by atoms with van der Waals surface area (Å²) in [7, 11) is 0. The Morgan fingerprint density at radius 2 is 2.15 bits per heavy atom. The van der Waals surface area contributed by atoms with E-state index in [1.165, 1.54) is 0 Å². The minimum atomic E-state index is -0.993. The van der Waals surface area contributed by atoms with Crippen LogP contribution in [0.1, 0.15) is 25.8 Å². The second-order valence-electron chi connectivity index (χ2n) is 4.23. The highest BCUT2D eigenvalue weighted by atomic mass is 79.9. The van der Waals surface area contributed by atoms with Crippen molar-refractivity contribution < 1.29 is 19.4 Å². The number of rotatable bonds is 8. The summed E-state index contributed by atoms with van der Waals surface area (Å²) < 4.78 is 11.8. The summed E-state index contributed by atoms with van der Waals surface area (Å²) in [6.45, 7) is 4.63. The Morgan fingerprint density at radius 1 is 1.45 bits per heavy atom. The van der Waals surface area contributed by atoms with Gasteiger partial charge in [-0.3, -0.25) is 0 Å². The van der Waals surface area contributed by atoms with E-state index in [0.29, 0.717) is 35.5 Å². The molecule has 3 N–H and O–H groups in total. The van der Waals surface area contributed by atoms with Gasteiger partial charge in [0.15, 0.2) is 17.6 Å². The van der Waals surface area contributed by atoms with E-state index in [1.54, 1.807) is 6.92 Å². The van der Waals surface area contributed by atoms with Gasteiger partial charge in [-0.05, 0) is 59.9 Å². The van der Waals surface area contributed by atoms with E-state index in [0.717, 1.165) is 12.0 Å². The predicted molar refractivity (Wildman–Crippen MR) is 80.4 cm³/mol. The maximum absolute atomic E-state index is 11.1. The lowest BCUT2D eigenvalue weighted by Gasteiger charge is -2.18. The van der Waals surface area contributed by atoms with Gasteiger partial charge in [0.25, 0.3) is 0 Å².